The van der Waals surface area contributed by atoms with Crippen LogP contribution in [0.2, 0.25) is 0 Å². The van der Waals surface area contributed by atoms with Gasteiger partial charge >= 0.3 is 0 Å². The molecule has 1 amide bonds. The number of ether oxygens (including phenoxy) is 2. The maximum absolute atomic E-state index is 12.7. The summed E-state index contributed by atoms with van der Waals surface area (Å²) in [5.74, 6) is 1.35. The molecule has 0 aromatic heterocycles. The van der Waals surface area contributed by atoms with E-state index < -0.39 is 0 Å². The van der Waals surface area contributed by atoms with Crippen molar-refractivity contribution in [2.24, 2.45) is 0 Å². The van der Waals surface area contributed by atoms with Gasteiger partial charge in [-0.2, -0.15) is 0 Å². The maximum Gasteiger partial charge on any atom is 0.260 e. The fourth-order valence-electron chi connectivity index (χ4n) is 3.44. The molecule has 1 aliphatic heterocycles. The third kappa shape index (κ3) is 4.57. The van der Waals surface area contributed by atoms with Crippen LogP contribution in [0.3, 0.4) is 0 Å². The molecule has 1 saturated heterocycles. The standard InChI is InChI=1S/C22H27NO3/c1-3-25-20-8-4-5-9-21(20)26-16-22(24)23-14-6-7-19(23)15-18-12-10-17(2)11-13-18/h4-5,8-13,19H,3,6-7,14-16H2,1-2H3. The molecule has 4 heteroatoms. The van der Waals surface area contributed by atoms with Crippen LogP contribution in [0.1, 0.15) is 30.9 Å². The van der Waals surface area contributed by atoms with Crippen LogP contribution in [0.4, 0.5) is 0 Å². The summed E-state index contributed by atoms with van der Waals surface area (Å²) in [6.07, 6.45) is 3.01. The van der Waals surface area contributed by atoms with E-state index in [0.29, 0.717) is 18.1 Å². The molecule has 1 atom stereocenters. The minimum Gasteiger partial charge on any atom is -0.490 e. The van der Waals surface area contributed by atoms with Crippen LogP contribution in [-0.2, 0) is 11.2 Å². The highest BCUT2D eigenvalue weighted by Crippen LogP contribution is 2.27. The normalized spacial score (nSPS) is 16.5. The second-order valence-electron chi connectivity index (χ2n) is 6.74. The average molecular weight is 353 g/mol. The first kappa shape index (κ1) is 18.3. The number of rotatable bonds is 7. The summed E-state index contributed by atoms with van der Waals surface area (Å²) < 4.78 is 11.3. The van der Waals surface area contributed by atoms with Crippen LogP contribution >= 0.6 is 0 Å². The lowest BCUT2D eigenvalue weighted by molar-refractivity contribution is -0.134. The molecular weight excluding hydrogens is 326 g/mol. The van der Waals surface area contributed by atoms with Gasteiger partial charge < -0.3 is 14.4 Å². The van der Waals surface area contributed by atoms with E-state index in [0.717, 1.165) is 25.8 Å². The summed E-state index contributed by atoms with van der Waals surface area (Å²) in [6.45, 7) is 5.45. The maximum atomic E-state index is 12.7. The summed E-state index contributed by atoms with van der Waals surface area (Å²) in [4.78, 5) is 14.7. The van der Waals surface area contributed by atoms with Gasteiger partial charge in [0.1, 0.15) is 0 Å². The molecule has 0 N–H and O–H groups in total. The number of nitrogens with zero attached hydrogens (tertiary/aromatic N) is 1. The minimum absolute atomic E-state index is 0.0471. The van der Waals surface area contributed by atoms with E-state index in [1.807, 2.05) is 36.1 Å². The lowest BCUT2D eigenvalue weighted by atomic mass is 10.0. The molecular formula is C22H27NO3. The largest absolute Gasteiger partial charge is 0.490 e. The Bertz CT molecular complexity index is 726. The minimum atomic E-state index is 0.0471. The van der Waals surface area contributed by atoms with Crippen molar-refractivity contribution in [2.75, 3.05) is 19.8 Å². The summed E-state index contributed by atoms with van der Waals surface area (Å²) in [7, 11) is 0. The van der Waals surface area contributed by atoms with Crippen LogP contribution in [0.25, 0.3) is 0 Å². The third-order valence-corrected chi connectivity index (χ3v) is 4.79. The van der Waals surface area contributed by atoms with Crippen molar-refractivity contribution >= 4 is 5.91 Å². The van der Waals surface area contributed by atoms with Crippen molar-refractivity contribution in [2.45, 2.75) is 39.2 Å². The van der Waals surface area contributed by atoms with Gasteiger partial charge in [-0.15, -0.1) is 0 Å². The number of benzene rings is 2. The Hall–Kier alpha value is -2.49. The SMILES string of the molecule is CCOc1ccccc1OCC(=O)N1CCCC1Cc1ccc(C)cc1. The second kappa shape index (κ2) is 8.75. The van der Waals surface area contributed by atoms with Crippen molar-refractivity contribution in [3.8, 4) is 11.5 Å². The molecule has 0 saturated carbocycles. The van der Waals surface area contributed by atoms with Crippen molar-refractivity contribution in [1.29, 1.82) is 0 Å². The van der Waals surface area contributed by atoms with Gasteiger partial charge in [-0.05, 0) is 50.8 Å². The van der Waals surface area contributed by atoms with Crippen molar-refractivity contribution < 1.29 is 14.3 Å². The molecule has 0 bridgehead atoms. The Morgan fingerprint density at radius 1 is 1.08 bits per heavy atom. The van der Waals surface area contributed by atoms with E-state index in [9.17, 15) is 4.79 Å². The van der Waals surface area contributed by atoms with Gasteiger partial charge in [-0.25, -0.2) is 0 Å². The number of hydrogen-bond donors (Lipinski definition) is 0. The first-order chi connectivity index (χ1) is 12.7. The quantitative estimate of drug-likeness (QED) is 0.755. The molecule has 2 aromatic carbocycles. The highest BCUT2D eigenvalue weighted by atomic mass is 16.5. The molecule has 0 radical (unpaired) electrons. The van der Waals surface area contributed by atoms with Gasteiger partial charge in [0, 0.05) is 12.6 Å². The smallest absolute Gasteiger partial charge is 0.260 e. The van der Waals surface area contributed by atoms with E-state index in [4.69, 9.17) is 9.47 Å². The summed E-state index contributed by atoms with van der Waals surface area (Å²) in [6, 6.07) is 16.3. The van der Waals surface area contributed by atoms with Gasteiger partial charge in [-0.1, -0.05) is 42.0 Å². The summed E-state index contributed by atoms with van der Waals surface area (Å²) in [5.41, 5.74) is 2.54. The Labute approximate surface area is 155 Å². The molecule has 1 fully saturated rings. The molecule has 1 aliphatic rings. The Morgan fingerprint density at radius 2 is 1.77 bits per heavy atom. The Balaban J connectivity index is 1.59. The lowest BCUT2D eigenvalue weighted by Gasteiger charge is -2.25. The fraction of sp³-hybridized carbons (Fsp3) is 0.409. The molecule has 4 nitrogen and oxygen atoms in total. The van der Waals surface area contributed by atoms with Crippen molar-refractivity contribution in [1.82, 2.24) is 4.90 Å². The number of carbonyl (C=O) groups excluding carboxylic acids is 1. The monoisotopic (exact) mass is 353 g/mol. The van der Waals surface area contributed by atoms with E-state index >= 15 is 0 Å². The molecule has 2 aromatic rings. The number of amides is 1. The zero-order valence-corrected chi connectivity index (χ0v) is 15.6. The number of likely N-dealkylation sites (tertiary alicyclic amines) is 1. The van der Waals surface area contributed by atoms with Gasteiger partial charge in [0.25, 0.3) is 5.91 Å². The van der Waals surface area contributed by atoms with Crippen LogP contribution in [0.5, 0.6) is 11.5 Å². The van der Waals surface area contributed by atoms with Gasteiger partial charge in [0.05, 0.1) is 6.61 Å². The van der Waals surface area contributed by atoms with E-state index in [1.54, 1.807) is 0 Å². The van der Waals surface area contributed by atoms with Crippen molar-refractivity contribution in [3.63, 3.8) is 0 Å². The highest BCUT2D eigenvalue weighted by Gasteiger charge is 2.29. The predicted molar refractivity (Wildman–Crippen MR) is 103 cm³/mol. The zero-order chi connectivity index (χ0) is 18.4. The van der Waals surface area contributed by atoms with E-state index in [1.165, 1.54) is 11.1 Å². The van der Waals surface area contributed by atoms with Crippen LogP contribution in [0.15, 0.2) is 48.5 Å². The summed E-state index contributed by atoms with van der Waals surface area (Å²) >= 11 is 0. The molecule has 1 unspecified atom stereocenters. The lowest BCUT2D eigenvalue weighted by Crippen LogP contribution is -2.39. The highest BCUT2D eigenvalue weighted by molar-refractivity contribution is 5.78. The first-order valence-electron chi connectivity index (χ1n) is 9.37. The van der Waals surface area contributed by atoms with Gasteiger partial charge in [0.15, 0.2) is 18.1 Å². The van der Waals surface area contributed by atoms with Crippen molar-refractivity contribution in [3.05, 3.63) is 59.7 Å². The third-order valence-electron chi connectivity index (χ3n) is 4.79. The van der Waals surface area contributed by atoms with Gasteiger partial charge in [-0.3, -0.25) is 4.79 Å². The fourth-order valence-corrected chi connectivity index (χ4v) is 3.44. The molecule has 26 heavy (non-hydrogen) atoms. The van der Waals surface area contributed by atoms with Crippen LogP contribution in [0, 0.1) is 6.92 Å². The molecule has 138 valence electrons. The second-order valence-corrected chi connectivity index (χ2v) is 6.74. The first-order valence-corrected chi connectivity index (χ1v) is 9.37. The molecule has 0 spiro atoms. The van der Waals surface area contributed by atoms with Crippen LogP contribution < -0.4 is 9.47 Å². The van der Waals surface area contributed by atoms with Crippen LogP contribution in [-0.4, -0.2) is 36.6 Å². The zero-order valence-electron chi connectivity index (χ0n) is 15.6. The molecule has 0 aliphatic carbocycles. The Morgan fingerprint density at radius 3 is 2.46 bits per heavy atom. The number of para-hydroxylation sites is 2. The number of aryl methyl sites for hydroxylation is 1. The summed E-state index contributed by atoms with van der Waals surface area (Å²) in [5, 5.41) is 0. The van der Waals surface area contributed by atoms with E-state index in [-0.39, 0.29) is 18.6 Å². The predicted octanol–water partition coefficient (Wildman–Crippen LogP) is 4.01. The van der Waals surface area contributed by atoms with Gasteiger partial charge in [0.2, 0.25) is 0 Å². The molecule has 3 rings (SSSR count). The molecule has 1 heterocycles. The average Bonchev–Trinajstić information content (AvgIpc) is 3.11. The number of carbonyl (C=O) groups is 1. The number of hydrogen-bond acceptors (Lipinski definition) is 3. The Kier molecular flexibility index (Phi) is 6.16. The topological polar surface area (TPSA) is 38.8 Å². The van der Waals surface area contributed by atoms with E-state index in [2.05, 4.69) is 31.2 Å².